The van der Waals surface area contributed by atoms with Crippen LogP contribution in [0.5, 0.6) is 0 Å². The second-order valence-corrected chi connectivity index (χ2v) is 6.81. The van der Waals surface area contributed by atoms with Gasteiger partial charge in [0, 0.05) is 22.6 Å². The number of hydrogen-bond donors (Lipinski definition) is 1. The molecule has 0 saturated carbocycles. The fourth-order valence-electron chi connectivity index (χ4n) is 2.47. The van der Waals surface area contributed by atoms with Gasteiger partial charge < -0.3 is 5.32 Å². The van der Waals surface area contributed by atoms with E-state index >= 15 is 0 Å². The average Bonchev–Trinajstić information content (AvgIpc) is 3.17. The lowest BCUT2D eigenvalue weighted by atomic mass is 10.2. The number of para-hydroxylation sites is 1. The van der Waals surface area contributed by atoms with Gasteiger partial charge in [-0.15, -0.1) is 39.7 Å². The van der Waals surface area contributed by atoms with Gasteiger partial charge in [-0.1, -0.05) is 18.2 Å². The highest BCUT2D eigenvalue weighted by Gasteiger charge is 2.15. The van der Waals surface area contributed by atoms with Crippen molar-refractivity contribution in [2.75, 3.05) is 5.32 Å². The molecule has 0 fully saturated rings. The van der Waals surface area contributed by atoms with Crippen molar-refractivity contribution in [1.29, 1.82) is 0 Å². The van der Waals surface area contributed by atoms with Crippen molar-refractivity contribution in [1.82, 2.24) is 14.4 Å². The minimum absolute atomic E-state index is 0. The number of aromatic nitrogens is 3. The number of thiazole rings is 2. The van der Waals surface area contributed by atoms with Crippen LogP contribution in [0.2, 0.25) is 0 Å². The zero-order valence-corrected chi connectivity index (χ0v) is 16.0. The van der Waals surface area contributed by atoms with Gasteiger partial charge in [0.2, 0.25) is 0 Å². The molecule has 3 aromatic heterocycles. The third-order valence-corrected chi connectivity index (χ3v) is 5.08. The second-order valence-electron chi connectivity index (χ2n) is 5.08. The van der Waals surface area contributed by atoms with E-state index in [2.05, 4.69) is 39.1 Å². The van der Waals surface area contributed by atoms with Crippen LogP contribution >= 0.6 is 39.7 Å². The number of nitrogens with one attached hydrogen (secondary N) is 1. The number of hydrogen-bond acceptors (Lipinski definition) is 5. The highest BCUT2D eigenvalue weighted by atomic mass is 79.9. The van der Waals surface area contributed by atoms with Gasteiger partial charge in [-0.3, -0.25) is 4.40 Å². The molecule has 1 aromatic carbocycles. The molecule has 0 unspecified atom stereocenters. The van der Waals surface area contributed by atoms with Crippen LogP contribution < -0.4 is 5.32 Å². The monoisotopic (exact) mass is 406 g/mol. The number of rotatable bonds is 3. The predicted molar refractivity (Wildman–Crippen MR) is 104 cm³/mol. The highest BCUT2D eigenvalue weighted by molar-refractivity contribution is 8.93. The molecule has 1 N–H and O–H groups in total. The van der Waals surface area contributed by atoms with E-state index in [0.29, 0.717) is 0 Å². The summed E-state index contributed by atoms with van der Waals surface area (Å²) in [6, 6.07) is 8.22. The van der Waals surface area contributed by atoms with E-state index in [4.69, 9.17) is 4.98 Å². The maximum atomic E-state index is 4.73. The molecular formula is C16H15BrN4S2. The Kier molecular flexibility index (Phi) is 4.52. The smallest absolute Gasteiger partial charge is 0.194 e. The lowest BCUT2D eigenvalue weighted by Crippen LogP contribution is -1.93. The van der Waals surface area contributed by atoms with Gasteiger partial charge in [-0.2, -0.15) is 0 Å². The fourth-order valence-corrected chi connectivity index (χ4v) is 3.94. The number of anilines is 2. The molecule has 0 aliphatic heterocycles. The maximum absolute atomic E-state index is 4.73. The van der Waals surface area contributed by atoms with Crippen molar-refractivity contribution in [2.45, 2.75) is 13.8 Å². The molecule has 7 heteroatoms. The van der Waals surface area contributed by atoms with Crippen molar-refractivity contribution in [3.05, 3.63) is 52.5 Å². The largest absolute Gasteiger partial charge is 0.331 e. The van der Waals surface area contributed by atoms with Gasteiger partial charge in [-0.05, 0) is 25.5 Å². The summed E-state index contributed by atoms with van der Waals surface area (Å²) in [6.45, 7) is 4.12. The van der Waals surface area contributed by atoms with E-state index in [1.807, 2.05) is 30.6 Å². The Morgan fingerprint density at radius 1 is 1.09 bits per heavy atom. The molecular weight excluding hydrogens is 392 g/mol. The first-order valence-corrected chi connectivity index (χ1v) is 8.69. The molecule has 4 nitrogen and oxygen atoms in total. The number of imidazole rings is 1. The Labute approximate surface area is 152 Å². The van der Waals surface area contributed by atoms with Gasteiger partial charge >= 0.3 is 0 Å². The Balaban J connectivity index is 0.00000156. The molecule has 0 amide bonds. The zero-order chi connectivity index (χ0) is 15.1. The van der Waals surface area contributed by atoms with Gasteiger partial charge in [0.05, 0.1) is 11.4 Å². The third-order valence-electron chi connectivity index (χ3n) is 3.57. The third kappa shape index (κ3) is 2.91. The molecule has 0 atom stereocenters. The minimum atomic E-state index is 0. The topological polar surface area (TPSA) is 42.2 Å². The number of aryl methyl sites for hydroxylation is 2. The van der Waals surface area contributed by atoms with E-state index in [1.165, 1.54) is 5.56 Å². The zero-order valence-electron chi connectivity index (χ0n) is 12.6. The molecule has 118 valence electrons. The Hall–Kier alpha value is -1.70. The highest BCUT2D eigenvalue weighted by Crippen LogP contribution is 2.31. The Morgan fingerprint density at radius 3 is 2.74 bits per heavy atom. The van der Waals surface area contributed by atoms with Crippen LogP contribution in [0, 0.1) is 13.8 Å². The molecule has 4 aromatic rings. The summed E-state index contributed by atoms with van der Waals surface area (Å²) < 4.78 is 2.10. The summed E-state index contributed by atoms with van der Waals surface area (Å²) in [4.78, 5) is 10.3. The van der Waals surface area contributed by atoms with Crippen LogP contribution in [0.4, 0.5) is 10.8 Å². The SMILES string of the molecule is Br.Cc1ccccc1Nc1nc(-c2c(C)nc3sccn23)cs1. The van der Waals surface area contributed by atoms with Crippen LogP contribution in [-0.2, 0) is 0 Å². The molecule has 0 aliphatic rings. The van der Waals surface area contributed by atoms with Crippen molar-refractivity contribution in [3.8, 4) is 11.4 Å². The summed E-state index contributed by atoms with van der Waals surface area (Å²) in [5, 5.41) is 8.42. The average molecular weight is 407 g/mol. The maximum Gasteiger partial charge on any atom is 0.194 e. The number of benzene rings is 1. The summed E-state index contributed by atoms with van der Waals surface area (Å²) >= 11 is 3.25. The number of fused-ring (bicyclic) bond motifs is 1. The van der Waals surface area contributed by atoms with Gasteiger partial charge in [0.25, 0.3) is 0 Å². The Bertz CT molecular complexity index is 954. The molecule has 4 rings (SSSR count). The standard InChI is InChI=1S/C16H14N4S2.BrH/c1-10-5-3-4-6-12(10)18-15-19-13(9-22-15)14-11(2)17-16-20(14)7-8-21-16;/h3-9H,1-2H3,(H,18,19);1H. The van der Waals surface area contributed by atoms with E-state index in [0.717, 1.165) is 32.9 Å². The number of nitrogens with zero attached hydrogens (tertiary/aromatic N) is 3. The van der Waals surface area contributed by atoms with Crippen molar-refractivity contribution in [3.63, 3.8) is 0 Å². The second kappa shape index (κ2) is 6.43. The van der Waals surface area contributed by atoms with Crippen LogP contribution in [0.15, 0.2) is 41.2 Å². The summed E-state index contributed by atoms with van der Waals surface area (Å²) in [7, 11) is 0. The molecule has 0 saturated heterocycles. The molecule has 0 radical (unpaired) electrons. The van der Waals surface area contributed by atoms with Crippen molar-refractivity contribution in [2.24, 2.45) is 0 Å². The van der Waals surface area contributed by atoms with Gasteiger partial charge in [0.1, 0.15) is 5.69 Å². The van der Waals surface area contributed by atoms with E-state index in [9.17, 15) is 0 Å². The minimum Gasteiger partial charge on any atom is -0.331 e. The first-order chi connectivity index (χ1) is 10.7. The van der Waals surface area contributed by atoms with Gasteiger partial charge in [-0.25, -0.2) is 9.97 Å². The lowest BCUT2D eigenvalue weighted by molar-refractivity contribution is 1.20. The van der Waals surface area contributed by atoms with E-state index in [1.54, 1.807) is 22.7 Å². The van der Waals surface area contributed by atoms with Crippen LogP contribution in [0.25, 0.3) is 16.3 Å². The summed E-state index contributed by atoms with van der Waals surface area (Å²) in [5.41, 5.74) is 5.35. The van der Waals surface area contributed by atoms with E-state index < -0.39 is 0 Å². The lowest BCUT2D eigenvalue weighted by Gasteiger charge is -2.05. The van der Waals surface area contributed by atoms with Crippen molar-refractivity contribution < 1.29 is 0 Å². The molecule has 0 spiro atoms. The first kappa shape index (κ1) is 16.2. The fraction of sp³-hybridized carbons (Fsp3) is 0.125. The molecule has 0 aliphatic carbocycles. The molecule has 3 heterocycles. The first-order valence-electron chi connectivity index (χ1n) is 6.93. The number of halogens is 1. The predicted octanol–water partition coefficient (Wildman–Crippen LogP) is 5.46. The van der Waals surface area contributed by atoms with Crippen molar-refractivity contribution >= 4 is 55.4 Å². The van der Waals surface area contributed by atoms with Gasteiger partial charge in [0.15, 0.2) is 10.1 Å². The summed E-state index contributed by atoms with van der Waals surface area (Å²) in [6.07, 6.45) is 2.04. The van der Waals surface area contributed by atoms with Crippen LogP contribution in [0.3, 0.4) is 0 Å². The normalized spacial score (nSPS) is 10.7. The molecule has 0 bridgehead atoms. The van der Waals surface area contributed by atoms with E-state index in [-0.39, 0.29) is 17.0 Å². The molecule has 23 heavy (non-hydrogen) atoms. The quantitative estimate of drug-likeness (QED) is 0.491. The summed E-state index contributed by atoms with van der Waals surface area (Å²) in [5.74, 6) is 0. The van der Waals surface area contributed by atoms with Crippen LogP contribution in [0.1, 0.15) is 11.3 Å². The Morgan fingerprint density at radius 2 is 1.91 bits per heavy atom. The van der Waals surface area contributed by atoms with Crippen LogP contribution in [-0.4, -0.2) is 14.4 Å².